The summed E-state index contributed by atoms with van der Waals surface area (Å²) >= 11 is 0. The van der Waals surface area contributed by atoms with Gasteiger partial charge in [-0.2, -0.15) is 0 Å². The topological polar surface area (TPSA) is 74.0 Å². The Morgan fingerprint density at radius 2 is 1.86 bits per heavy atom. The smallest absolute Gasteiger partial charge is 0.255 e. The number of hydrogen-bond acceptors (Lipinski definition) is 5. The number of carbonyl (C=O) groups is 1. The molecule has 2 heterocycles. The molecule has 1 amide bonds. The van der Waals surface area contributed by atoms with Crippen LogP contribution < -0.4 is 19.5 Å². The van der Waals surface area contributed by atoms with E-state index in [1.165, 1.54) is 7.11 Å². The molecule has 0 radical (unpaired) electrons. The lowest BCUT2D eigenvalue weighted by atomic mass is 9.97. The summed E-state index contributed by atoms with van der Waals surface area (Å²) in [6.07, 6.45) is 0.525. The molecule has 1 N–H and O–H groups in total. The zero-order valence-electron chi connectivity index (χ0n) is 19.6. The fourth-order valence-corrected chi connectivity index (χ4v) is 4.17. The first-order valence-electron chi connectivity index (χ1n) is 11.1. The van der Waals surface area contributed by atoms with Gasteiger partial charge in [-0.3, -0.25) is 4.79 Å². The van der Waals surface area contributed by atoms with Gasteiger partial charge in [0.25, 0.3) is 5.91 Å². The molecule has 7 nitrogen and oxygen atoms in total. The number of fused-ring (bicyclic) bond motifs is 1. The van der Waals surface area contributed by atoms with Crippen molar-refractivity contribution in [3.05, 3.63) is 65.1 Å². The maximum absolute atomic E-state index is 14.2. The van der Waals surface area contributed by atoms with E-state index in [2.05, 4.69) is 27.0 Å². The van der Waals surface area contributed by atoms with Gasteiger partial charge in [-0.05, 0) is 36.1 Å². The molecule has 1 aromatic heterocycles. The SMILES string of the molecule is [C-]#[N+]c1cc2c(C#Cc3ccccc3OC)cnc(OC[C@H]3NC(=O)[C@@H](F)[C@H]3CC)c2cc1OC. The summed E-state index contributed by atoms with van der Waals surface area (Å²) in [7, 11) is 3.06. The van der Waals surface area contributed by atoms with Gasteiger partial charge in [-0.25, -0.2) is 14.2 Å². The number of halogens is 1. The number of nitrogens with zero attached hydrogens (tertiary/aromatic N) is 2. The summed E-state index contributed by atoms with van der Waals surface area (Å²) in [4.78, 5) is 19.8. The van der Waals surface area contributed by atoms with E-state index >= 15 is 0 Å². The number of ether oxygens (including phenoxy) is 3. The van der Waals surface area contributed by atoms with E-state index in [1.807, 2.05) is 31.2 Å². The van der Waals surface area contributed by atoms with E-state index < -0.39 is 24.0 Å². The molecule has 4 rings (SSSR count). The largest absolute Gasteiger partial charge is 0.508 e. The van der Waals surface area contributed by atoms with E-state index in [1.54, 1.807) is 25.4 Å². The molecule has 2 aromatic carbocycles. The molecule has 1 saturated heterocycles. The average Bonchev–Trinajstić information content (AvgIpc) is 3.17. The maximum atomic E-state index is 14.2. The van der Waals surface area contributed by atoms with Crippen LogP contribution in [0.2, 0.25) is 0 Å². The van der Waals surface area contributed by atoms with Crippen LogP contribution in [0.5, 0.6) is 17.4 Å². The number of rotatable bonds is 6. The number of amides is 1. The van der Waals surface area contributed by atoms with Crippen molar-refractivity contribution in [2.45, 2.75) is 25.6 Å². The molecule has 0 saturated carbocycles. The van der Waals surface area contributed by atoms with Crippen molar-refractivity contribution >= 4 is 22.4 Å². The second-order valence-electron chi connectivity index (χ2n) is 8.01. The number of para-hydroxylation sites is 1. The predicted octanol–water partition coefficient (Wildman–Crippen LogP) is 4.44. The maximum Gasteiger partial charge on any atom is 0.255 e. The van der Waals surface area contributed by atoms with E-state index in [0.717, 1.165) is 0 Å². The van der Waals surface area contributed by atoms with Gasteiger partial charge < -0.3 is 19.5 Å². The molecule has 0 unspecified atom stereocenters. The first kappa shape index (κ1) is 23.8. The molecule has 178 valence electrons. The minimum absolute atomic E-state index is 0.0614. The Morgan fingerprint density at radius 3 is 2.57 bits per heavy atom. The van der Waals surface area contributed by atoms with Gasteiger partial charge in [0.15, 0.2) is 6.17 Å². The molecule has 1 fully saturated rings. The van der Waals surface area contributed by atoms with Crippen LogP contribution in [0.15, 0.2) is 42.6 Å². The Hall–Kier alpha value is -4.30. The molecule has 0 bridgehead atoms. The fourth-order valence-electron chi connectivity index (χ4n) is 4.17. The number of aromatic nitrogens is 1. The van der Waals surface area contributed by atoms with Crippen LogP contribution in [0.1, 0.15) is 24.5 Å². The summed E-state index contributed by atoms with van der Waals surface area (Å²) in [5, 5.41) is 3.91. The third-order valence-electron chi connectivity index (χ3n) is 6.05. The van der Waals surface area contributed by atoms with Crippen LogP contribution in [0.25, 0.3) is 15.6 Å². The number of alkyl halides is 1. The molecular weight excluding hydrogens is 449 g/mol. The van der Waals surface area contributed by atoms with Crippen molar-refractivity contribution in [3.8, 4) is 29.2 Å². The lowest BCUT2D eigenvalue weighted by Crippen LogP contribution is -2.34. The first-order valence-corrected chi connectivity index (χ1v) is 11.1. The Labute approximate surface area is 203 Å². The highest BCUT2D eigenvalue weighted by Crippen LogP contribution is 2.37. The van der Waals surface area contributed by atoms with Crippen molar-refractivity contribution in [1.82, 2.24) is 10.3 Å². The molecule has 35 heavy (non-hydrogen) atoms. The lowest BCUT2D eigenvalue weighted by Gasteiger charge is -2.19. The molecule has 3 aromatic rings. The van der Waals surface area contributed by atoms with Crippen molar-refractivity contribution in [3.63, 3.8) is 0 Å². The van der Waals surface area contributed by atoms with E-state index in [0.29, 0.717) is 45.5 Å². The number of methoxy groups -OCH3 is 2. The standard InChI is InChI=1S/C27H24FN3O4/c1-5-18-22(31-26(32)25(18)28)15-35-27-20-13-24(34-4)21(29-2)12-19(20)17(14-30-27)11-10-16-8-6-7-9-23(16)33-3/h6-9,12-14,18,22,25H,5,15H2,1,3-4H3,(H,31,32)/t18-,22+,25-/m0/s1. The molecule has 3 atom stereocenters. The normalized spacial score (nSPS) is 18.8. The first-order chi connectivity index (χ1) is 17.0. The molecular formula is C27H24FN3O4. The summed E-state index contributed by atoms with van der Waals surface area (Å²) in [6.45, 7) is 9.42. The summed E-state index contributed by atoms with van der Waals surface area (Å²) in [6, 6.07) is 10.3. The summed E-state index contributed by atoms with van der Waals surface area (Å²) in [5.74, 6) is 6.44. The highest BCUT2D eigenvalue weighted by molar-refractivity contribution is 5.96. The second-order valence-corrected chi connectivity index (χ2v) is 8.01. The minimum Gasteiger partial charge on any atom is -0.508 e. The number of benzene rings is 2. The Balaban J connectivity index is 1.74. The second kappa shape index (κ2) is 10.3. The minimum atomic E-state index is -1.55. The van der Waals surface area contributed by atoms with Crippen LogP contribution >= 0.6 is 0 Å². The molecule has 0 aliphatic carbocycles. The zero-order chi connectivity index (χ0) is 24.9. The number of pyridine rings is 1. The third-order valence-corrected chi connectivity index (χ3v) is 6.05. The van der Waals surface area contributed by atoms with Gasteiger partial charge in [0, 0.05) is 17.5 Å². The monoisotopic (exact) mass is 473 g/mol. The van der Waals surface area contributed by atoms with Crippen molar-refractivity contribution < 1.29 is 23.4 Å². The Kier molecular flexibility index (Phi) is 7.03. The van der Waals surface area contributed by atoms with E-state index in [-0.39, 0.29) is 12.5 Å². The fraction of sp³-hybridized carbons (Fsp3) is 0.296. The third kappa shape index (κ3) is 4.69. The van der Waals surface area contributed by atoms with Gasteiger partial charge in [-0.1, -0.05) is 30.9 Å². The highest BCUT2D eigenvalue weighted by Gasteiger charge is 2.41. The van der Waals surface area contributed by atoms with Gasteiger partial charge in [0.05, 0.1) is 38.0 Å². The van der Waals surface area contributed by atoms with Crippen molar-refractivity contribution in [2.75, 3.05) is 20.8 Å². The zero-order valence-corrected chi connectivity index (χ0v) is 19.6. The summed E-state index contributed by atoms with van der Waals surface area (Å²) < 4.78 is 30.9. The lowest BCUT2D eigenvalue weighted by molar-refractivity contribution is -0.123. The van der Waals surface area contributed by atoms with Crippen LogP contribution in [0.3, 0.4) is 0 Å². The predicted molar refractivity (Wildman–Crippen MR) is 130 cm³/mol. The number of nitrogens with one attached hydrogen (secondary N) is 1. The van der Waals surface area contributed by atoms with Gasteiger partial charge in [0.1, 0.15) is 18.1 Å². The Morgan fingerprint density at radius 1 is 1.11 bits per heavy atom. The summed E-state index contributed by atoms with van der Waals surface area (Å²) in [5.41, 5.74) is 1.63. The highest BCUT2D eigenvalue weighted by atomic mass is 19.1. The van der Waals surface area contributed by atoms with Gasteiger partial charge >= 0.3 is 0 Å². The molecule has 0 spiro atoms. The molecule has 1 aliphatic rings. The molecule has 1 aliphatic heterocycles. The van der Waals surface area contributed by atoms with Crippen LogP contribution in [-0.2, 0) is 4.79 Å². The van der Waals surface area contributed by atoms with Crippen LogP contribution in [0.4, 0.5) is 10.1 Å². The number of carbonyl (C=O) groups excluding carboxylic acids is 1. The van der Waals surface area contributed by atoms with E-state index in [9.17, 15) is 9.18 Å². The number of hydrogen-bond donors (Lipinski definition) is 1. The average molecular weight is 474 g/mol. The van der Waals surface area contributed by atoms with Crippen molar-refractivity contribution in [2.24, 2.45) is 5.92 Å². The van der Waals surface area contributed by atoms with Gasteiger partial charge in [0.2, 0.25) is 11.6 Å². The quantitative estimate of drug-likeness (QED) is 0.423. The van der Waals surface area contributed by atoms with Gasteiger partial charge in [-0.15, -0.1) is 0 Å². The Bertz CT molecular complexity index is 1370. The molecule has 8 heteroatoms. The van der Waals surface area contributed by atoms with E-state index in [4.69, 9.17) is 20.8 Å². The van der Waals surface area contributed by atoms with Crippen LogP contribution in [-0.4, -0.2) is 43.9 Å². The van der Waals surface area contributed by atoms with Crippen molar-refractivity contribution in [1.29, 1.82) is 0 Å². The van der Waals surface area contributed by atoms with Crippen LogP contribution in [0, 0.1) is 24.3 Å².